The third kappa shape index (κ3) is 4.32. The Bertz CT molecular complexity index is 1110. The van der Waals surface area contributed by atoms with Gasteiger partial charge in [0.1, 0.15) is 10.8 Å². The summed E-state index contributed by atoms with van der Waals surface area (Å²) >= 11 is 6.39. The molecule has 0 saturated heterocycles. The van der Waals surface area contributed by atoms with E-state index in [9.17, 15) is 18.0 Å². The van der Waals surface area contributed by atoms with Gasteiger partial charge >= 0.3 is 6.18 Å². The Labute approximate surface area is 188 Å². The summed E-state index contributed by atoms with van der Waals surface area (Å²) in [6.45, 7) is 3.69. The Morgan fingerprint density at radius 3 is 2.47 bits per heavy atom. The second-order valence-corrected chi connectivity index (χ2v) is 8.34. The SMILES string of the molecule is Cc1ccc([C@H]2C[C@H](C(F)(F)F)n3nc(C(=O)N[C@@H](C)c4ccccc4)c(Cl)c3N2)cc1. The number of benzene rings is 2. The van der Waals surface area contributed by atoms with Crippen molar-refractivity contribution in [2.75, 3.05) is 5.32 Å². The van der Waals surface area contributed by atoms with Gasteiger partial charge < -0.3 is 10.6 Å². The van der Waals surface area contributed by atoms with Crippen molar-refractivity contribution < 1.29 is 18.0 Å². The van der Waals surface area contributed by atoms with Crippen LogP contribution in [0.5, 0.6) is 0 Å². The lowest BCUT2D eigenvalue weighted by molar-refractivity contribution is -0.173. The molecule has 9 heteroatoms. The van der Waals surface area contributed by atoms with Crippen LogP contribution in [0.3, 0.4) is 0 Å². The van der Waals surface area contributed by atoms with E-state index in [4.69, 9.17) is 11.6 Å². The van der Waals surface area contributed by atoms with Gasteiger partial charge in [0.2, 0.25) is 0 Å². The number of hydrogen-bond donors (Lipinski definition) is 2. The van der Waals surface area contributed by atoms with Crippen LogP contribution in [0, 0.1) is 6.92 Å². The summed E-state index contributed by atoms with van der Waals surface area (Å²) in [5.74, 6) is -0.647. The van der Waals surface area contributed by atoms with Gasteiger partial charge in [-0.1, -0.05) is 71.8 Å². The van der Waals surface area contributed by atoms with E-state index >= 15 is 0 Å². The summed E-state index contributed by atoms with van der Waals surface area (Å²) in [5, 5.41) is 9.66. The number of halogens is 4. The number of rotatable bonds is 4. The molecule has 1 amide bonds. The van der Waals surface area contributed by atoms with E-state index in [0.717, 1.165) is 15.8 Å². The van der Waals surface area contributed by atoms with Crippen LogP contribution in [-0.2, 0) is 0 Å². The third-order valence-corrected chi connectivity index (χ3v) is 6.00. The fraction of sp³-hybridized carbons (Fsp3) is 0.304. The molecule has 0 aliphatic carbocycles. The lowest BCUT2D eigenvalue weighted by Crippen LogP contribution is -2.36. The van der Waals surface area contributed by atoms with Crippen LogP contribution in [0.15, 0.2) is 54.6 Å². The van der Waals surface area contributed by atoms with Crippen LogP contribution in [0.2, 0.25) is 5.02 Å². The Kier molecular flexibility index (Phi) is 5.90. The van der Waals surface area contributed by atoms with Crippen molar-refractivity contribution in [3.8, 4) is 0 Å². The summed E-state index contributed by atoms with van der Waals surface area (Å²) in [6.07, 6.45) is -4.82. The summed E-state index contributed by atoms with van der Waals surface area (Å²) in [4.78, 5) is 12.8. The molecule has 0 fully saturated rings. The second-order valence-electron chi connectivity index (χ2n) is 7.96. The topological polar surface area (TPSA) is 59.0 Å². The molecule has 2 N–H and O–H groups in total. The molecule has 0 radical (unpaired) electrons. The quantitative estimate of drug-likeness (QED) is 0.500. The van der Waals surface area contributed by atoms with Crippen molar-refractivity contribution in [1.82, 2.24) is 15.1 Å². The zero-order valence-corrected chi connectivity index (χ0v) is 18.2. The predicted molar refractivity (Wildman–Crippen MR) is 117 cm³/mol. The van der Waals surface area contributed by atoms with E-state index < -0.39 is 24.2 Å². The van der Waals surface area contributed by atoms with Gasteiger partial charge in [0.15, 0.2) is 11.7 Å². The molecule has 5 nitrogen and oxygen atoms in total. The molecule has 0 spiro atoms. The first-order valence-corrected chi connectivity index (χ1v) is 10.6. The highest BCUT2D eigenvalue weighted by atomic mass is 35.5. The van der Waals surface area contributed by atoms with Crippen LogP contribution in [-0.4, -0.2) is 21.9 Å². The molecule has 3 aromatic rings. The monoisotopic (exact) mass is 462 g/mol. The first kappa shape index (κ1) is 22.2. The van der Waals surface area contributed by atoms with Crippen molar-refractivity contribution in [2.24, 2.45) is 0 Å². The van der Waals surface area contributed by atoms with Crippen molar-refractivity contribution in [1.29, 1.82) is 0 Å². The second kappa shape index (κ2) is 8.50. The smallest absolute Gasteiger partial charge is 0.362 e. The maximum absolute atomic E-state index is 13.9. The van der Waals surface area contributed by atoms with Gasteiger partial charge in [-0.2, -0.15) is 18.3 Å². The zero-order valence-electron chi connectivity index (χ0n) is 17.4. The normalized spacial score (nSPS) is 19.1. The number of aryl methyl sites for hydroxylation is 1. The molecule has 1 aliphatic heterocycles. The molecule has 0 bridgehead atoms. The average molecular weight is 463 g/mol. The standard InChI is InChI=1S/C23H22ClF3N4O/c1-13-8-10-16(11-9-13)17-12-18(23(25,26)27)31-21(29-17)19(24)20(30-31)22(32)28-14(2)15-6-4-3-5-7-15/h3-11,14,17-18,29H,12H2,1-2H3,(H,28,32)/t14-,17+,18+/m0/s1. The first-order valence-electron chi connectivity index (χ1n) is 10.2. The summed E-state index contributed by atoms with van der Waals surface area (Å²) in [5.41, 5.74) is 2.32. The van der Waals surface area contributed by atoms with Crippen LogP contribution in [0.25, 0.3) is 0 Å². The maximum Gasteiger partial charge on any atom is 0.410 e. The van der Waals surface area contributed by atoms with Gasteiger partial charge in [0.05, 0.1) is 12.1 Å². The molecule has 0 unspecified atom stereocenters. The fourth-order valence-electron chi connectivity index (χ4n) is 3.84. The minimum absolute atomic E-state index is 0.0108. The fourth-order valence-corrected chi connectivity index (χ4v) is 4.11. The Morgan fingerprint density at radius 1 is 1.19 bits per heavy atom. The van der Waals surface area contributed by atoms with E-state index in [1.54, 1.807) is 19.1 Å². The highest BCUT2D eigenvalue weighted by molar-refractivity contribution is 6.36. The predicted octanol–water partition coefficient (Wildman–Crippen LogP) is 6.00. The van der Waals surface area contributed by atoms with Gasteiger partial charge in [-0.15, -0.1) is 0 Å². The molecule has 2 aromatic carbocycles. The zero-order chi connectivity index (χ0) is 23.0. The van der Waals surface area contributed by atoms with E-state index in [1.807, 2.05) is 49.4 Å². The minimum Gasteiger partial charge on any atom is -0.362 e. The number of fused-ring (bicyclic) bond motifs is 1. The molecule has 1 aromatic heterocycles. The number of carbonyl (C=O) groups excluding carboxylic acids is 1. The maximum atomic E-state index is 13.9. The minimum atomic E-state index is -4.56. The summed E-state index contributed by atoms with van der Waals surface area (Å²) in [6, 6.07) is 13.6. The number of anilines is 1. The van der Waals surface area contributed by atoms with Crippen LogP contribution < -0.4 is 10.6 Å². The molecule has 3 atom stereocenters. The van der Waals surface area contributed by atoms with Gasteiger partial charge in [-0.05, 0) is 25.0 Å². The number of amides is 1. The van der Waals surface area contributed by atoms with Gasteiger partial charge in [-0.3, -0.25) is 4.79 Å². The van der Waals surface area contributed by atoms with E-state index in [0.29, 0.717) is 5.56 Å². The molecule has 4 rings (SSSR count). The number of nitrogens with zero attached hydrogens (tertiary/aromatic N) is 2. The van der Waals surface area contributed by atoms with E-state index in [2.05, 4.69) is 15.7 Å². The summed E-state index contributed by atoms with van der Waals surface area (Å²) in [7, 11) is 0. The highest BCUT2D eigenvalue weighted by Gasteiger charge is 2.47. The number of alkyl halides is 3. The molecule has 1 aliphatic rings. The molecule has 0 saturated carbocycles. The molecule has 168 valence electrons. The number of carbonyl (C=O) groups is 1. The van der Waals surface area contributed by atoms with Crippen LogP contribution in [0.4, 0.5) is 19.0 Å². The van der Waals surface area contributed by atoms with Crippen LogP contribution >= 0.6 is 11.6 Å². The van der Waals surface area contributed by atoms with Crippen LogP contribution in [0.1, 0.15) is 58.6 Å². The van der Waals surface area contributed by atoms with Gasteiger partial charge in [0.25, 0.3) is 5.91 Å². The lowest BCUT2D eigenvalue weighted by atomic mass is 9.96. The van der Waals surface area contributed by atoms with Crippen molar-refractivity contribution in [3.63, 3.8) is 0 Å². The van der Waals surface area contributed by atoms with Crippen molar-refractivity contribution >= 4 is 23.3 Å². The molecular weight excluding hydrogens is 441 g/mol. The van der Waals surface area contributed by atoms with Gasteiger partial charge in [-0.25, -0.2) is 4.68 Å². The molecule has 2 heterocycles. The van der Waals surface area contributed by atoms with Crippen molar-refractivity contribution in [3.05, 3.63) is 82.0 Å². The number of aromatic nitrogens is 2. The first-order chi connectivity index (χ1) is 15.1. The molecule has 32 heavy (non-hydrogen) atoms. The van der Waals surface area contributed by atoms with Crippen molar-refractivity contribution in [2.45, 2.75) is 44.6 Å². The largest absolute Gasteiger partial charge is 0.410 e. The van der Waals surface area contributed by atoms with E-state index in [-0.39, 0.29) is 29.0 Å². The lowest BCUT2D eigenvalue weighted by Gasteiger charge is -2.33. The average Bonchev–Trinajstić information content (AvgIpc) is 3.10. The number of nitrogens with one attached hydrogen (secondary N) is 2. The summed E-state index contributed by atoms with van der Waals surface area (Å²) < 4.78 is 42.5. The van der Waals surface area contributed by atoms with Gasteiger partial charge in [0, 0.05) is 6.42 Å². The number of hydrogen-bond acceptors (Lipinski definition) is 3. The van der Waals surface area contributed by atoms with E-state index in [1.165, 1.54) is 0 Å². The Balaban J connectivity index is 1.66. The Morgan fingerprint density at radius 2 is 1.84 bits per heavy atom. The molecular formula is C23H22ClF3N4O. The highest BCUT2D eigenvalue weighted by Crippen LogP contribution is 2.46. The third-order valence-electron chi connectivity index (χ3n) is 5.64. The Hall–Kier alpha value is -3.00.